The second-order valence-electron chi connectivity index (χ2n) is 12.9. The van der Waals surface area contributed by atoms with Crippen molar-refractivity contribution in [2.45, 2.75) is 19.3 Å². The first-order valence-electron chi connectivity index (χ1n) is 16.1. The molecule has 1 aliphatic carbocycles. The second kappa shape index (κ2) is 10.2. The van der Waals surface area contributed by atoms with Crippen LogP contribution in [-0.2, 0) is 5.41 Å². The maximum atomic E-state index is 2.50. The number of hydrogen-bond acceptors (Lipinski definition) is 1. The quantitative estimate of drug-likeness (QED) is 0.185. The van der Waals surface area contributed by atoms with E-state index in [1.54, 1.807) is 0 Å². The van der Waals surface area contributed by atoms with Crippen LogP contribution in [0.3, 0.4) is 0 Å². The van der Waals surface area contributed by atoms with Gasteiger partial charge in [0.1, 0.15) is 0 Å². The van der Waals surface area contributed by atoms with Gasteiger partial charge in [-0.25, -0.2) is 0 Å². The summed E-state index contributed by atoms with van der Waals surface area (Å²) in [6, 6.07) is 60.2. The largest absolute Gasteiger partial charge is 0.309 e. The summed E-state index contributed by atoms with van der Waals surface area (Å²) in [7, 11) is 0. The minimum Gasteiger partial charge on any atom is -0.309 e. The van der Waals surface area contributed by atoms with Gasteiger partial charge in [0.05, 0.1) is 11.4 Å². The molecule has 218 valence electrons. The van der Waals surface area contributed by atoms with E-state index in [1.807, 2.05) is 0 Å². The number of fused-ring (bicyclic) bond motifs is 8. The fourth-order valence-corrected chi connectivity index (χ4v) is 7.81. The Morgan fingerprint density at radius 2 is 1.07 bits per heavy atom. The summed E-state index contributed by atoms with van der Waals surface area (Å²) in [5.41, 5.74) is 11.3. The first-order valence-corrected chi connectivity index (χ1v) is 16.1. The van der Waals surface area contributed by atoms with E-state index in [9.17, 15) is 0 Å². The van der Waals surface area contributed by atoms with Crippen molar-refractivity contribution in [2.75, 3.05) is 4.90 Å². The lowest BCUT2D eigenvalue weighted by molar-refractivity contribution is 0.660. The predicted octanol–water partition coefficient (Wildman–Crippen LogP) is 12.6. The Labute approximate surface area is 270 Å². The lowest BCUT2D eigenvalue weighted by Gasteiger charge is -2.30. The van der Waals surface area contributed by atoms with Crippen LogP contribution in [0.25, 0.3) is 54.6 Å². The molecule has 0 amide bonds. The monoisotopic (exact) mass is 587 g/mol. The van der Waals surface area contributed by atoms with Crippen molar-refractivity contribution in [1.82, 2.24) is 0 Å². The molecule has 0 heterocycles. The van der Waals surface area contributed by atoms with Crippen LogP contribution >= 0.6 is 0 Å². The summed E-state index contributed by atoms with van der Waals surface area (Å²) in [6.45, 7) is 4.72. The van der Waals surface area contributed by atoms with Crippen LogP contribution in [0.15, 0.2) is 164 Å². The molecule has 0 aromatic heterocycles. The molecule has 9 rings (SSSR count). The number of nitrogens with zero attached hydrogens (tertiary/aromatic N) is 1. The number of anilines is 3. The van der Waals surface area contributed by atoms with Crippen molar-refractivity contribution in [3.8, 4) is 22.3 Å². The molecule has 8 aromatic carbocycles. The summed E-state index contributed by atoms with van der Waals surface area (Å²) < 4.78 is 0. The molecule has 0 atom stereocenters. The van der Waals surface area contributed by atoms with Gasteiger partial charge in [-0.1, -0.05) is 153 Å². The topological polar surface area (TPSA) is 3.24 Å². The normalized spacial score (nSPS) is 13.2. The van der Waals surface area contributed by atoms with E-state index in [4.69, 9.17) is 0 Å². The fraction of sp³-hybridized carbons (Fsp3) is 0.0667. The van der Waals surface area contributed by atoms with Crippen molar-refractivity contribution in [1.29, 1.82) is 0 Å². The molecule has 0 radical (unpaired) electrons. The average Bonchev–Trinajstić information content (AvgIpc) is 3.35. The van der Waals surface area contributed by atoms with E-state index in [0.29, 0.717) is 0 Å². The number of rotatable bonds is 4. The van der Waals surface area contributed by atoms with Crippen LogP contribution in [0.1, 0.15) is 25.0 Å². The number of benzene rings is 8. The van der Waals surface area contributed by atoms with Crippen LogP contribution in [0.2, 0.25) is 0 Å². The highest BCUT2D eigenvalue weighted by Gasteiger charge is 2.37. The standard InChI is InChI=1S/C45H33N/c1-45(2)39-20-11-10-19-38(39)44-40(45)21-12-22-41(44)46(34-27-25-31(26-28-34)30-13-4-3-5-14-30)42-29-33-24-23-32-15-6-7-16-35(32)43(33)37-18-9-8-17-36(37)42/h3-29H,1-2H3. The van der Waals surface area contributed by atoms with Gasteiger partial charge in [-0.15, -0.1) is 0 Å². The van der Waals surface area contributed by atoms with Gasteiger partial charge in [-0.05, 0) is 79.0 Å². The Hall–Kier alpha value is -5.66. The molecule has 1 nitrogen and oxygen atoms in total. The van der Waals surface area contributed by atoms with Gasteiger partial charge in [-0.2, -0.15) is 0 Å². The molecule has 0 saturated heterocycles. The average molecular weight is 588 g/mol. The van der Waals surface area contributed by atoms with Crippen LogP contribution in [-0.4, -0.2) is 0 Å². The van der Waals surface area contributed by atoms with Crippen LogP contribution in [0.5, 0.6) is 0 Å². The third-order valence-electron chi connectivity index (χ3n) is 10.0. The van der Waals surface area contributed by atoms with Crippen molar-refractivity contribution in [3.05, 3.63) is 175 Å². The van der Waals surface area contributed by atoms with Gasteiger partial charge >= 0.3 is 0 Å². The van der Waals surface area contributed by atoms with E-state index < -0.39 is 0 Å². The zero-order valence-electron chi connectivity index (χ0n) is 26.0. The van der Waals surface area contributed by atoms with E-state index in [2.05, 4.69) is 183 Å². The molecule has 8 aromatic rings. The van der Waals surface area contributed by atoms with Crippen molar-refractivity contribution < 1.29 is 0 Å². The lowest BCUT2D eigenvalue weighted by Crippen LogP contribution is -2.16. The van der Waals surface area contributed by atoms with E-state index >= 15 is 0 Å². The molecule has 0 fully saturated rings. The summed E-state index contributed by atoms with van der Waals surface area (Å²) in [5, 5.41) is 7.61. The Balaban J connectivity index is 1.36. The first kappa shape index (κ1) is 26.7. The van der Waals surface area contributed by atoms with Gasteiger partial charge in [0.15, 0.2) is 0 Å². The molecule has 0 bridgehead atoms. The molecule has 0 unspecified atom stereocenters. The minimum atomic E-state index is -0.0882. The molecular weight excluding hydrogens is 555 g/mol. The molecular formula is C45H33N. The molecule has 0 spiro atoms. The van der Waals surface area contributed by atoms with E-state index in [0.717, 1.165) is 5.69 Å². The van der Waals surface area contributed by atoms with Gasteiger partial charge in [0.2, 0.25) is 0 Å². The maximum Gasteiger partial charge on any atom is 0.0546 e. The predicted molar refractivity (Wildman–Crippen MR) is 197 cm³/mol. The van der Waals surface area contributed by atoms with Gasteiger partial charge in [-0.3, -0.25) is 0 Å². The third kappa shape index (κ3) is 3.95. The van der Waals surface area contributed by atoms with Gasteiger partial charge in [0.25, 0.3) is 0 Å². The van der Waals surface area contributed by atoms with Crippen LogP contribution in [0.4, 0.5) is 17.1 Å². The maximum absolute atomic E-state index is 2.50. The number of hydrogen-bond donors (Lipinski definition) is 0. The zero-order valence-corrected chi connectivity index (χ0v) is 26.0. The van der Waals surface area contributed by atoms with Crippen molar-refractivity contribution in [3.63, 3.8) is 0 Å². The fourth-order valence-electron chi connectivity index (χ4n) is 7.81. The molecule has 0 N–H and O–H groups in total. The van der Waals surface area contributed by atoms with E-state index in [-0.39, 0.29) is 5.41 Å². The summed E-state index contributed by atoms with van der Waals surface area (Å²) in [6.07, 6.45) is 0. The second-order valence-corrected chi connectivity index (χ2v) is 12.9. The van der Waals surface area contributed by atoms with Gasteiger partial charge < -0.3 is 4.90 Å². The smallest absolute Gasteiger partial charge is 0.0546 e. The highest BCUT2D eigenvalue weighted by Crippen LogP contribution is 2.55. The molecule has 0 aliphatic heterocycles. The molecule has 46 heavy (non-hydrogen) atoms. The summed E-state index contributed by atoms with van der Waals surface area (Å²) in [4.78, 5) is 2.50. The molecule has 0 saturated carbocycles. The summed E-state index contributed by atoms with van der Waals surface area (Å²) >= 11 is 0. The Kier molecular flexibility index (Phi) is 5.92. The minimum absolute atomic E-state index is 0.0882. The highest BCUT2D eigenvalue weighted by molar-refractivity contribution is 6.23. The van der Waals surface area contributed by atoms with Crippen LogP contribution in [0, 0.1) is 0 Å². The van der Waals surface area contributed by atoms with Crippen molar-refractivity contribution >= 4 is 49.4 Å². The SMILES string of the molecule is CC1(C)c2ccccc2-c2c(N(c3ccc(-c4ccccc4)cc3)c3cc4ccc5ccccc5c4c4ccccc34)cccc21. The Morgan fingerprint density at radius 3 is 1.89 bits per heavy atom. The lowest BCUT2D eigenvalue weighted by atomic mass is 9.82. The van der Waals surface area contributed by atoms with Crippen LogP contribution < -0.4 is 4.90 Å². The Morgan fingerprint density at radius 1 is 0.435 bits per heavy atom. The first-order chi connectivity index (χ1) is 22.6. The highest BCUT2D eigenvalue weighted by atomic mass is 15.1. The zero-order chi connectivity index (χ0) is 30.8. The Bertz CT molecular complexity index is 2430. The van der Waals surface area contributed by atoms with Gasteiger partial charge in [0, 0.05) is 22.1 Å². The molecule has 1 heteroatoms. The summed E-state index contributed by atoms with van der Waals surface area (Å²) in [5.74, 6) is 0. The third-order valence-corrected chi connectivity index (χ3v) is 10.0. The van der Waals surface area contributed by atoms with Crippen molar-refractivity contribution in [2.24, 2.45) is 0 Å². The molecule has 1 aliphatic rings. The van der Waals surface area contributed by atoms with E-state index in [1.165, 1.54) is 77.1 Å².